The molecule has 1 saturated heterocycles. The molecule has 190 valence electrons. The molecule has 2 aliphatic heterocycles. The van der Waals surface area contributed by atoms with Crippen molar-refractivity contribution in [1.82, 2.24) is 9.88 Å². The monoisotopic (exact) mass is 534 g/mol. The van der Waals surface area contributed by atoms with E-state index in [0.717, 1.165) is 34.4 Å². The lowest BCUT2D eigenvalue weighted by Crippen LogP contribution is -2.50. The molecule has 1 fully saturated rings. The van der Waals surface area contributed by atoms with E-state index in [1.165, 1.54) is 11.3 Å². The fourth-order valence-electron chi connectivity index (χ4n) is 5.98. The molecule has 0 radical (unpaired) electrons. The van der Waals surface area contributed by atoms with Crippen LogP contribution >= 0.6 is 22.9 Å². The van der Waals surface area contributed by atoms with Gasteiger partial charge in [-0.25, -0.2) is 4.98 Å². The average Bonchev–Trinajstić information content (AvgIpc) is 3.53. The minimum Gasteiger partial charge on any atom is -0.325 e. The number of thiophene rings is 1. The molecule has 2 aromatic heterocycles. The van der Waals surface area contributed by atoms with Crippen molar-refractivity contribution in [3.05, 3.63) is 74.6 Å². The first kappa shape index (κ1) is 24.1. The fraction of sp³-hybridized carbons (Fsp3) is 0.357. The summed E-state index contributed by atoms with van der Waals surface area (Å²) in [5.41, 5.74) is 2.53. The highest BCUT2D eigenvalue weighted by molar-refractivity contribution is 7.16. The molecule has 7 nitrogen and oxygen atoms in total. The molecule has 2 N–H and O–H groups in total. The molecule has 3 amide bonds. The molecule has 0 saturated carbocycles. The Balaban J connectivity index is 1.20. The number of amides is 3. The summed E-state index contributed by atoms with van der Waals surface area (Å²) in [6, 6.07) is 13.2. The molecule has 1 spiro atoms. The summed E-state index contributed by atoms with van der Waals surface area (Å²) in [6.45, 7) is 3.83. The number of hydrogen-bond acceptors (Lipinski definition) is 5. The van der Waals surface area contributed by atoms with Crippen molar-refractivity contribution in [1.29, 1.82) is 0 Å². The Bertz CT molecular complexity index is 1450. The van der Waals surface area contributed by atoms with Crippen molar-refractivity contribution in [2.45, 2.75) is 51.0 Å². The first-order valence-corrected chi connectivity index (χ1v) is 13.6. The molecule has 9 heteroatoms. The van der Waals surface area contributed by atoms with E-state index in [9.17, 15) is 14.4 Å². The number of aromatic nitrogens is 1. The fourth-order valence-corrected chi connectivity index (χ4v) is 7.18. The molecule has 3 aliphatic rings. The molecule has 1 aliphatic carbocycles. The second kappa shape index (κ2) is 8.67. The van der Waals surface area contributed by atoms with Crippen molar-refractivity contribution in [2.24, 2.45) is 5.41 Å². The molecular formula is C28H27ClN4O3S. The number of rotatable bonds is 4. The summed E-state index contributed by atoms with van der Waals surface area (Å²) >= 11 is 7.62. The summed E-state index contributed by atoms with van der Waals surface area (Å²) in [5.74, 6) is 0.317. The van der Waals surface area contributed by atoms with Crippen molar-refractivity contribution < 1.29 is 14.4 Å². The van der Waals surface area contributed by atoms with E-state index in [2.05, 4.69) is 15.6 Å². The van der Waals surface area contributed by atoms with Gasteiger partial charge in [-0.05, 0) is 67.1 Å². The van der Waals surface area contributed by atoms with Crippen LogP contribution in [-0.2, 0) is 32.6 Å². The van der Waals surface area contributed by atoms with Crippen LogP contribution in [0.4, 0.5) is 11.5 Å². The Morgan fingerprint density at radius 3 is 2.78 bits per heavy atom. The number of nitrogens with zero attached hydrogens (tertiary/aromatic N) is 2. The third-order valence-corrected chi connectivity index (χ3v) is 9.29. The van der Waals surface area contributed by atoms with E-state index < -0.39 is 10.8 Å². The van der Waals surface area contributed by atoms with E-state index >= 15 is 0 Å². The molecule has 0 bridgehead atoms. The van der Waals surface area contributed by atoms with Gasteiger partial charge in [-0.1, -0.05) is 37.6 Å². The second-order valence-corrected chi connectivity index (χ2v) is 12.6. The lowest BCUT2D eigenvalue weighted by Gasteiger charge is -2.42. The number of benzene rings is 1. The average molecular weight is 535 g/mol. The molecule has 2 unspecified atom stereocenters. The Morgan fingerprint density at radius 2 is 2.00 bits per heavy atom. The Kier molecular flexibility index (Phi) is 5.65. The molecule has 3 aromatic rings. The number of nitrogens with one attached hydrogen (secondary N) is 2. The van der Waals surface area contributed by atoms with Crippen molar-refractivity contribution >= 4 is 52.2 Å². The zero-order valence-corrected chi connectivity index (χ0v) is 22.2. The van der Waals surface area contributed by atoms with Gasteiger partial charge >= 0.3 is 0 Å². The zero-order valence-electron chi connectivity index (χ0n) is 20.6. The van der Waals surface area contributed by atoms with Crippen molar-refractivity contribution in [3.63, 3.8) is 0 Å². The third-order valence-electron chi connectivity index (χ3n) is 7.96. The largest absolute Gasteiger partial charge is 0.325 e. The molecule has 4 heterocycles. The molecule has 1 aromatic carbocycles. The molecular weight excluding hydrogens is 508 g/mol. The van der Waals surface area contributed by atoms with Gasteiger partial charge in [-0.3, -0.25) is 14.4 Å². The standard InChI is InChI=1S/C28H27ClN4O3S/c1-27(2)10-9-20(21-7-8-22(29)37-21)33(26(27)36)15-23(34)31-18-6-5-16-13-28(14-17(16)12-18)19-4-3-11-30-24(19)32-25(28)35/h3-8,11-12,20H,9-10,13-15H2,1-2H3,(H,31,34)(H,30,32,35). The first-order chi connectivity index (χ1) is 17.7. The number of piperidine rings is 1. The van der Waals surface area contributed by atoms with Gasteiger partial charge < -0.3 is 15.5 Å². The van der Waals surface area contributed by atoms with Crippen LogP contribution in [0, 0.1) is 5.41 Å². The van der Waals surface area contributed by atoms with Crippen LogP contribution in [0.1, 0.15) is 54.3 Å². The smallest absolute Gasteiger partial charge is 0.244 e. The Labute approximate surface area is 224 Å². The molecule has 6 rings (SSSR count). The third kappa shape index (κ3) is 4.03. The van der Waals surface area contributed by atoms with Crippen LogP contribution in [-0.4, -0.2) is 34.2 Å². The Morgan fingerprint density at radius 1 is 1.19 bits per heavy atom. The van der Waals surface area contributed by atoms with E-state index in [1.807, 2.05) is 56.3 Å². The normalized spacial score (nSPS) is 23.6. The van der Waals surface area contributed by atoms with Crippen LogP contribution in [0.15, 0.2) is 48.7 Å². The van der Waals surface area contributed by atoms with Gasteiger partial charge in [0.25, 0.3) is 0 Å². The number of anilines is 2. The van der Waals surface area contributed by atoms with Gasteiger partial charge in [-0.15, -0.1) is 11.3 Å². The maximum Gasteiger partial charge on any atom is 0.244 e. The van der Waals surface area contributed by atoms with Crippen LogP contribution in [0.5, 0.6) is 0 Å². The number of likely N-dealkylation sites (tertiary alicyclic amines) is 1. The predicted octanol–water partition coefficient (Wildman–Crippen LogP) is 5.11. The van der Waals surface area contributed by atoms with Crippen molar-refractivity contribution in [2.75, 3.05) is 17.2 Å². The topological polar surface area (TPSA) is 91.4 Å². The van der Waals surface area contributed by atoms with Gasteiger partial charge in [0.1, 0.15) is 12.4 Å². The number of halogens is 1. The highest BCUT2D eigenvalue weighted by Gasteiger charge is 2.51. The summed E-state index contributed by atoms with van der Waals surface area (Å²) in [5, 5.41) is 5.91. The lowest BCUT2D eigenvalue weighted by atomic mass is 9.79. The molecule has 2 atom stereocenters. The number of carbonyl (C=O) groups excluding carboxylic acids is 3. The van der Waals surface area contributed by atoms with Gasteiger partial charge in [0.2, 0.25) is 17.7 Å². The zero-order chi connectivity index (χ0) is 25.9. The van der Waals surface area contributed by atoms with E-state index in [1.54, 1.807) is 11.1 Å². The minimum absolute atomic E-state index is 0.0289. The van der Waals surface area contributed by atoms with Gasteiger partial charge in [0.05, 0.1) is 15.8 Å². The summed E-state index contributed by atoms with van der Waals surface area (Å²) in [7, 11) is 0. The maximum absolute atomic E-state index is 13.3. The number of fused-ring (bicyclic) bond motifs is 3. The van der Waals surface area contributed by atoms with Gasteiger partial charge in [-0.2, -0.15) is 0 Å². The Hall–Kier alpha value is -3.23. The van der Waals surface area contributed by atoms with Gasteiger partial charge in [0, 0.05) is 27.7 Å². The predicted molar refractivity (Wildman–Crippen MR) is 144 cm³/mol. The number of pyridine rings is 1. The summed E-state index contributed by atoms with van der Waals surface area (Å²) in [6.07, 6.45) is 4.37. The number of hydrogen-bond donors (Lipinski definition) is 2. The SMILES string of the molecule is CC1(C)CCC(c2ccc(Cl)s2)N(CC(=O)Nc2ccc3c(c2)CC2(C3)C(=O)Nc3ncccc32)C1=O. The number of carbonyl (C=O) groups is 3. The van der Waals surface area contributed by atoms with Crippen LogP contribution in [0.2, 0.25) is 4.34 Å². The minimum atomic E-state index is -0.657. The van der Waals surface area contributed by atoms with Crippen LogP contribution < -0.4 is 10.6 Å². The highest BCUT2D eigenvalue weighted by atomic mass is 35.5. The van der Waals surface area contributed by atoms with Gasteiger partial charge in [0.15, 0.2) is 0 Å². The highest BCUT2D eigenvalue weighted by Crippen LogP contribution is 2.47. The second-order valence-electron chi connectivity index (χ2n) is 10.8. The molecule has 37 heavy (non-hydrogen) atoms. The van der Waals surface area contributed by atoms with Crippen LogP contribution in [0.3, 0.4) is 0 Å². The van der Waals surface area contributed by atoms with Crippen molar-refractivity contribution in [3.8, 4) is 0 Å². The van der Waals surface area contributed by atoms with E-state index in [4.69, 9.17) is 11.6 Å². The van der Waals surface area contributed by atoms with E-state index in [-0.39, 0.29) is 30.3 Å². The van der Waals surface area contributed by atoms with E-state index in [0.29, 0.717) is 28.7 Å². The summed E-state index contributed by atoms with van der Waals surface area (Å²) in [4.78, 5) is 46.5. The summed E-state index contributed by atoms with van der Waals surface area (Å²) < 4.78 is 0.668. The quantitative estimate of drug-likeness (QED) is 0.486. The lowest BCUT2D eigenvalue weighted by molar-refractivity contribution is -0.150. The van der Waals surface area contributed by atoms with Crippen LogP contribution in [0.25, 0.3) is 0 Å². The first-order valence-electron chi connectivity index (χ1n) is 12.4. The maximum atomic E-state index is 13.3.